The molecule has 1 saturated heterocycles. The largest absolute Gasteiger partial charge is 0.307 e. The van der Waals surface area contributed by atoms with E-state index in [4.69, 9.17) is 0 Å². The fraction of sp³-hybridized carbons (Fsp3) is 0.538. The van der Waals surface area contributed by atoms with Gasteiger partial charge in [-0.15, -0.1) is 0 Å². The van der Waals surface area contributed by atoms with Gasteiger partial charge in [-0.25, -0.2) is 0 Å². The molecule has 1 fully saturated rings. The summed E-state index contributed by atoms with van der Waals surface area (Å²) in [6, 6.07) is 8.76. The second kappa shape index (κ2) is 3.74. The van der Waals surface area contributed by atoms with Gasteiger partial charge in [0.25, 0.3) is 0 Å². The lowest BCUT2D eigenvalue weighted by Crippen LogP contribution is -2.36. The van der Waals surface area contributed by atoms with Crippen LogP contribution in [0.3, 0.4) is 0 Å². The Labute approximate surface area is 86.5 Å². The lowest BCUT2D eigenvalue weighted by atomic mass is 9.83. The van der Waals surface area contributed by atoms with Crippen molar-refractivity contribution in [3.05, 3.63) is 35.4 Å². The average Bonchev–Trinajstić information content (AvgIpc) is 2.68. The van der Waals surface area contributed by atoms with E-state index in [1.54, 1.807) is 0 Å². The van der Waals surface area contributed by atoms with Crippen LogP contribution in [-0.2, 0) is 5.54 Å². The van der Waals surface area contributed by atoms with Crippen LogP contribution in [0.1, 0.15) is 37.3 Å². The van der Waals surface area contributed by atoms with Crippen molar-refractivity contribution in [1.82, 2.24) is 5.32 Å². The highest BCUT2D eigenvalue weighted by molar-refractivity contribution is 5.33. The zero-order valence-corrected chi connectivity index (χ0v) is 9.14. The van der Waals surface area contributed by atoms with Crippen LogP contribution in [0.4, 0.5) is 0 Å². The van der Waals surface area contributed by atoms with Crippen molar-refractivity contribution in [2.75, 3.05) is 6.54 Å². The van der Waals surface area contributed by atoms with Gasteiger partial charge in [0.1, 0.15) is 0 Å². The minimum Gasteiger partial charge on any atom is -0.307 e. The molecule has 1 atom stereocenters. The van der Waals surface area contributed by atoms with Crippen LogP contribution in [-0.4, -0.2) is 6.54 Å². The lowest BCUT2D eigenvalue weighted by Gasteiger charge is -2.30. The summed E-state index contributed by atoms with van der Waals surface area (Å²) in [6.45, 7) is 5.67. The number of nitrogens with one attached hydrogen (secondary N) is 1. The summed E-state index contributed by atoms with van der Waals surface area (Å²) in [6.07, 6.45) is 3.79. The van der Waals surface area contributed by atoms with Crippen LogP contribution in [0.15, 0.2) is 24.3 Å². The van der Waals surface area contributed by atoms with Gasteiger partial charge in [0.2, 0.25) is 0 Å². The number of rotatable bonds is 2. The molecule has 1 heterocycles. The molecule has 1 unspecified atom stereocenters. The van der Waals surface area contributed by atoms with Crippen molar-refractivity contribution >= 4 is 0 Å². The summed E-state index contributed by atoms with van der Waals surface area (Å²) in [5.74, 6) is 0. The Kier molecular flexibility index (Phi) is 2.60. The zero-order valence-electron chi connectivity index (χ0n) is 9.14. The minimum absolute atomic E-state index is 0.269. The fourth-order valence-corrected chi connectivity index (χ4v) is 2.64. The third-order valence-corrected chi connectivity index (χ3v) is 3.51. The third kappa shape index (κ3) is 1.46. The van der Waals surface area contributed by atoms with Gasteiger partial charge in [0.15, 0.2) is 0 Å². The molecule has 0 bridgehead atoms. The molecule has 1 aromatic carbocycles. The summed E-state index contributed by atoms with van der Waals surface area (Å²) in [7, 11) is 0. The molecule has 0 amide bonds. The molecule has 1 aliphatic rings. The molecular weight excluding hydrogens is 170 g/mol. The number of hydrogen-bond donors (Lipinski definition) is 1. The summed E-state index contributed by atoms with van der Waals surface area (Å²) < 4.78 is 0. The van der Waals surface area contributed by atoms with Crippen LogP contribution in [0.2, 0.25) is 0 Å². The van der Waals surface area contributed by atoms with Crippen molar-refractivity contribution in [1.29, 1.82) is 0 Å². The molecule has 0 spiro atoms. The molecule has 1 aromatic rings. The maximum Gasteiger partial charge on any atom is 0.0435 e. The van der Waals surface area contributed by atoms with E-state index in [-0.39, 0.29) is 5.54 Å². The SMILES string of the molecule is CCC1(c2ccccc2C)CCCN1. The van der Waals surface area contributed by atoms with Gasteiger partial charge in [-0.2, -0.15) is 0 Å². The van der Waals surface area contributed by atoms with E-state index in [2.05, 4.69) is 43.4 Å². The smallest absolute Gasteiger partial charge is 0.0435 e. The highest BCUT2D eigenvalue weighted by Crippen LogP contribution is 2.35. The number of aryl methyl sites for hydroxylation is 1. The van der Waals surface area contributed by atoms with Crippen LogP contribution >= 0.6 is 0 Å². The second-order valence-electron chi connectivity index (χ2n) is 4.28. The monoisotopic (exact) mass is 189 g/mol. The molecule has 2 rings (SSSR count). The maximum atomic E-state index is 3.68. The Morgan fingerprint density at radius 3 is 2.71 bits per heavy atom. The first-order chi connectivity index (χ1) is 6.78. The molecular formula is C13H19N. The molecule has 0 saturated carbocycles. The molecule has 0 aliphatic carbocycles. The van der Waals surface area contributed by atoms with Gasteiger partial charge in [-0.3, -0.25) is 0 Å². The second-order valence-corrected chi connectivity index (χ2v) is 4.28. The van der Waals surface area contributed by atoms with E-state index in [1.807, 2.05) is 0 Å². The predicted octanol–water partition coefficient (Wildman–Crippen LogP) is 2.98. The molecule has 1 nitrogen and oxygen atoms in total. The Morgan fingerprint density at radius 2 is 2.14 bits per heavy atom. The van der Waals surface area contributed by atoms with Crippen molar-refractivity contribution in [2.45, 2.75) is 38.6 Å². The molecule has 0 radical (unpaired) electrons. The molecule has 1 N–H and O–H groups in total. The molecule has 1 aliphatic heterocycles. The minimum atomic E-state index is 0.269. The summed E-state index contributed by atoms with van der Waals surface area (Å²) in [5.41, 5.74) is 3.19. The Hall–Kier alpha value is -0.820. The van der Waals surface area contributed by atoms with Crippen LogP contribution in [0.25, 0.3) is 0 Å². The Morgan fingerprint density at radius 1 is 1.36 bits per heavy atom. The third-order valence-electron chi connectivity index (χ3n) is 3.51. The molecule has 1 heteroatoms. The van der Waals surface area contributed by atoms with Crippen LogP contribution in [0, 0.1) is 6.92 Å². The van der Waals surface area contributed by atoms with E-state index in [9.17, 15) is 0 Å². The van der Waals surface area contributed by atoms with Gasteiger partial charge >= 0.3 is 0 Å². The van der Waals surface area contributed by atoms with E-state index in [0.717, 1.165) is 0 Å². The van der Waals surface area contributed by atoms with Crippen molar-refractivity contribution in [3.63, 3.8) is 0 Å². The molecule has 0 aromatic heterocycles. The Balaban J connectivity index is 2.41. The van der Waals surface area contributed by atoms with Crippen molar-refractivity contribution < 1.29 is 0 Å². The number of hydrogen-bond acceptors (Lipinski definition) is 1. The first kappa shape index (κ1) is 9.72. The highest BCUT2D eigenvalue weighted by Gasteiger charge is 2.33. The van der Waals surface area contributed by atoms with Crippen LogP contribution in [0.5, 0.6) is 0 Å². The Bertz CT molecular complexity index is 311. The van der Waals surface area contributed by atoms with Gasteiger partial charge in [0.05, 0.1) is 0 Å². The normalized spacial score (nSPS) is 26.7. The first-order valence-electron chi connectivity index (χ1n) is 5.60. The van der Waals surface area contributed by atoms with E-state index < -0.39 is 0 Å². The highest BCUT2D eigenvalue weighted by atomic mass is 15.0. The number of benzene rings is 1. The van der Waals surface area contributed by atoms with E-state index in [0.29, 0.717) is 0 Å². The van der Waals surface area contributed by atoms with Crippen molar-refractivity contribution in [3.8, 4) is 0 Å². The van der Waals surface area contributed by atoms with Gasteiger partial charge < -0.3 is 5.32 Å². The van der Waals surface area contributed by atoms with E-state index >= 15 is 0 Å². The maximum absolute atomic E-state index is 3.68. The standard InChI is InChI=1S/C13H19N/c1-3-13(9-6-10-14-13)12-8-5-4-7-11(12)2/h4-5,7-8,14H,3,6,9-10H2,1-2H3. The quantitative estimate of drug-likeness (QED) is 0.754. The fourth-order valence-electron chi connectivity index (χ4n) is 2.64. The molecule has 76 valence electrons. The van der Waals surface area contributed by atoms with E-state index in [1.165, 1.54) is 36.9 Å². The van der Waals surface area contributed by atoms with Gasteiger partial charge in [-0.05, 0) is 43.9 Å². The lowest BCUT2D eigenvalue weighted by molar-refractivity contribution is 0.374. The van der Waals surface area contributed by atoms with Crippen LogP contribution < -0.4 is 5.32 Å². The topological polar surface area (TPSA) is 12.0 Å². The average molecular weight is 189 g/mol. The zero-order chi connectivity index (χ0) is 10.0. The predicted molar refractivity (Wildman–Crippen MR) is 60.4 cm³/mol. The summed E-state index contributed by atoms with van der Waals surface area (Å²) in [5, 5.41) is 3.68. The van der Waals surface area contributed by atoms with Gasteiger partial charge in [0, 0.05) is 5.54 Å². The summed E-state index contributed by atoms with van der Waals surface area (Å²) in [4.78, 5) is 0. The van der Waals surface area contributed by atoms with Crippen molar-refractivity contribution in [2.24, 2.45) is 0 Å². The summed E-state index contributed by atoms with van der Waals surface area (Å²) >= 11 is 0. The van der Waals surface area contributed by atoms with Gasteiger partial charge in [-0.1, -0.05) is 31.2 Å². The first-order valence-corrected chi connectivity index (χ1v) is 5.60. The molecule has 14 heavy (non-hydrogen) atoms.